The SMILES string of the molecule is CN(C)C(C)(C)CNc1ccc(C(N)=S)c(F)c1. The Bertz CT molecular complexity index is 444. The van der Waals surface area contributed by atoms with Gasteiger partial charge in [0.05, 0.1) is 0 Å². The highest BCUT2D eigenvalue weighted by atomic mass is 32.1. The molecule has 0 amide bonds. The molecule has 100 valence electrons. The first-order chi connectivity index (χ1) is 8.24. The van der Waals surface area contributed by atoms with E-state index < -0.39 is 5.82 Å². The Balaban J connectivity index is 2.76. The first kappa shape index (κ1) is 14.9. The molecule has 18 heavy (non-hydrogen) atoms. The zero-order valence-electron chi connectivity index (χ0n) is 11.2. The van der Waals surface area contributed by atoms with Gasteiger partial charge in [0.2, 0.25) is 0 Å². The minimum absolute atomic E-state index is 0.0156. The van der Waals surface area contributed by atoms with Crippen LogP contribution in [0, 0.1) is 5.82 Å². The molecule has 1 aromatic carbocycles. The van der Waals surface area contributed by atoms with Crippen molar-refractivity contribution in [3.63, 3.8) is 0 Å². The van der Waals surface area contributed by atoms with Crippen molar-refractivity contribution in [2.24, 2.45) is 5.73 Å². The third kappa shape index (κ3) is 3.65. The Morgan fingerprint density at radius 2 is 2.06 bits per heavy atom. The van der Waals surface area contributed by atoms with Gasteiger partial charge in [0.25, 0.3) is 0 Å². The number of halogens is 1. The van der Waals surface area contributed by atoms with Gasteiger partial charge in [0.1, 0.15) is 10.8 Å². The standard InChI is InChI=1S/C13H20FN3S/c1-13(2,17(3)4)8-16-9-5-6-10(12(15)18)11(14)7-9/h5-7,16H,8H2,1-4H3,(H2,15,18). The predicted molar refractivity (Wildman–Crippen MR) is 78.5 cm³/mol. The van der Waals surface area contributed by atoms with Crippen LogP contribution in [0.25, 0.3) is 0 Å². The van der Waals surface area contributed by atoms with Crippen molar-refractivity contribution in [1.29, 1.82) is 0 Å². The molecular weight excluding hydrogens is 249 g/mol. The minimum Gasteiger partial charge on any atom is -0.389 e. The fraction of sp³-hybridized carbons (Fsp3) is 0.462. The average molecular weight is 269 g/mol. The Kier molecular flexibility index (Phi) is 4.65. The van der Waals surface area contributed by atoms with E-state index in [0.717, 1.165) is 5.69 Å². The Morgan fingerprint density at radius 1 is 1.44 bits per heavy atom. The van der Waals surface area contributed by atoms with Gasteiger partial charge >= 0.3 is 0 Å². The maximum atomic E-state index is 13.7. The van der Waals surface area contributed by atoms with Crippen molar-refractivity contribution in [1.82, 2.24) is 4.90 Å². The normalized spacial score (nSPS) is 11.7. The van der Waals surface area contributed by atoms with Crippen LogP contribution in [0.5, 0.6) is 0 Å². The average Bonchev–Trinajstić information content (AvgIpc) is 2.25. The van der Waals surface area contributed by atoms with Crippen LogP contribution in [0.4, 0.5) is 10.1 Å². The van der Waals surface area contributed by atoms with Gasteiger partial charge in [-0.1, -0.05) is 12.2 Å². The molecule has 0 aliphatic rings. The molecule has 0 saturated heterocycles. The molecule has 0 unspecified atom stereocenters. The van der Waals surface area contributed by atoms with Gasteiger partial charge in [-0.2, -0.15) is 0 Å². The van der Waals surface area contributed by atoms with Crippen LogP contribution < -0.4 is 11.1 Å². The number of nitrogens with two attached hydrogens (primary N) is 1. The quantitative estimate of drug-likeness (QED) is 0.804. The van der Waals surface area contributed by atoms with E-state index in [2.05, 4.69) is 24.1 Å². The molecule has 0 aromatic heterocycles. The molecule has 0 heterocycles. The Morgan fingerprint density at radius 3 is 2.50 bits per heavy atom. The van der Waals surface area contributed by atoms with Crippen LogP contribution in [0.15, 0.2) is 18.2 Å². The third-order valence-electron chi connectivity index (χ3n) is 3.17. The number of anilines is 1. The summed E-state index contributed by atoms with van der Waals surface area (Å²) in [5.74, 6) is -0.393. The van der Waals surface area contributed by atoms with E-state index in [1.165, 1.54) is 6.07 Å². The highest BCUT2D eigenvalue weighted by Crippen LogP contribution is 2.17. The second-order valence-corrected chi connectivity index (χ2v) is 5.56. The number of nitrogens with zero attached hydrogens (tertiary/aromatic N) is 1. The summed E-state index contributed by atoms with van der Waals surface area (Å²) in [7, 11) is 4.02. The molecule has 0 aliphatic heterocycles. The minimum atomic E-state index is -0.393. The van der Waals surface area contributed by atoms with Crippen molar-refractivity contribution in [3.8, 4) is 0 Å². The van der Waals surface area contributed by atoms with Crippen LogP contribution in [0.2, 0.25) is 0 Å². The lowest BCUT2D eigenvalue weighted by atomic mass is 10.0. The Labute approximate surface area is 113 Å². The van der Waals surface area contributed by atoms with Gasteiger partial charge in [-0.3, -0.25) is 0 Å². The summed E-state index contributed by atoms with van der Waals surface area (Å²) in [4.78, 5) is 2.19. The molecule has 3 N–H and O–H groups in total. The predicted octanol–water partition coefficient (Wildman–Crippen LogP) is 2.21. The van der Waals surface area contributed by atoms with Crippen molar-refractivity contribution >= 4 is 22.9 Å². The zero-order valence-corrected chi connectivity index (χ0v) is 12.1. The van der Waals surface area contributed by atoms with Crippen LogP contribution in [0.1, 0.15) is 19.4 Å². The fourth-order valence-corrected chi connectivity index (χ4v) is 1.47. The van der Waals surface area contributed by atoms with Gasteiger partial charge in [-0.25, -0.2) is 4.39 Å². The topological polar surface area (TPSA) is 41.3 Å². The van der Waals surface area contributed by atoms with E-state index in [1.54, 1.807) is 12.1 Å². The smallest absolute Gasteiger partial charge is 0.135 e. The number of benzene rings is 1. The van der Waals surface area contributed by atoms with E-state index in [-0.39, 0.29) is 16.1 Å². The van der Waals surface area contributed by atoms with Gasteiger partial charge < -0.3 is 16.0 Å². The van der Waals surface area contributed by atoms with Crippen molar-refractivity contribution in [2.75, 3.05) is 26.0 Å². The zero-order chi connectivity index (χ0) is 13.9. The Hall–Kier alpha value is -1.20. The number of hydrogen-bond acceptors (Lipinski definition) is 3. The van der Waals surface area contributed by atoms with Gasteiger partial charge in [0, 0.05) is 23.3 Å². The van der Waals surface area contributed by atoms with Crippen molar-refractivity contribution < 1.29 is 4.39 Å². The monoisotopic (exact) mass is 269 g/mol. The molecule has 0 radical (unpaired) electrons. The lowest BCUT2D eigenvalue weighted by Crippen LogP contribution is -2.44. The lowest BCUT2D eigenvalue weighted by Gasteiger charge is -2.33. The largest absolute Gasteiger partial charge is 0.389 e. The first-order valence-corrected chi connectivity index (χ1v) is 6.15. The summed E-state index contributed by atoms with van der Waals surface area (Å²) in [6.07, 6.45) is 0. The molecule has 5 heteroatoms. The summed E-state index contributed by atoms with van der Waals surface area (Å²) in [5.41, 5.74) is 6.40. The van der Waals surface area contributed by atoms with E-state index in [1.807, 2.05) is 14.1 Å². The highest BCUT2D eigenvalue weighted by molar-refractivity contribution is 7.80. The second-order valence-electron chi connectivity index (χ2n) is 5.12. The number of nitrogens with one attached hydrogen (secondary N) is 1. The van der Waals surface area contributed by atoms with Crippen LogP contribution in [-0.4, -0.2) is 36.1 Å². The van der Waals surface area contributed by atoms with Gasteiger partial charge in [-0.05, 0) is 46.1 Å². The number of likely N-dealkylation sites (N-methyl/N-ethyl adjacent to an activating group) is 1. The van der Waals surface area contributed by atoms with Gasteiger partial charge in [-0.15, -0.1) is 0 Å². The highest BCUT2D eigenvalue weighted by Gasteiger charge is 2.19. The third-order valence-corrected chi connectivity index (χ3v) is 3.39. The second kappa shape index (κ2) is 5.63. The van der Waals surface area contributed by atoms with Crippen molar-refractivity contribution in [3.05, 3.63) is 29.6 Å². The maximum absolute atomic E-state index is 13.7. The summed E-state index contributed by atoms with van der Waals surface area (Å²) < 4.78 is 13.7. The molecule has 0 fully saturated rings. The number of hydrogen-bond donors (Lipinski definition) is 2. The summed E-state index contributed by atoms with van der Waals surface area (Å²) in [6.45, 7) is 4.94. The van der Waals surface area contributed by atoms with E-state index in [9.17, 15) is 4.39 Å². The molecule has 0 saturated carbocycles. The molecule has 1 rings (SSSR count). The van der Waals surface area contributed by atoms with Crippen LogP contribution in [-0.2, 0) is 0 Å². The first-order valence-electron chi connectivity index (χ1n) is 5.74. The summed E-state index contributed by atoms with van der Waals surface area (Å²) in [5, 5.41) is 3.21. The maximum Gasteiger partial charge on any atom is 0.135 e. The lowest BCUT2D eigenvalue weighted by molar-refractivity contribution is 0.210. The van der Waals surface area contributed by atoms with Gasteiger partial charge in [0.15, 0.2) is 0 Å². The summed E-state index contributed by atoms with van der Waals surface area (Å²) in [6, 6.07) is 4.80. The molecule has 0 atom stereocenters. The van der Waals surface area contributed by atoms with Crippen molar-refractivity contribution in [2.45, 2.75) is 19.4 Å². The number of thiocarbonyl (C=S) groups is 1. The van der Waals surface area contributed by atoms with Crippen LogP contribution in [0.3, 0.4) is 0 Å². The van der Waals surface area contributed by atoms with E-state index >= 15 is 0 Å². The molecule has 1 aromatic rings. The van der Waals surface area contributed by atoms with Crippen LogP contribution >= 0.6 is 12.2 Å². The molecule has 0 aliphatic carbocycles. The molecule has 0 spiro atoms. The summed E-state index contributed by atoms with van der Waals surface area (Å²) >= 11 is 4.76. The number of rotatable bonds is 5. The molecule has 0 bridgehead atoms. The molecule has 3 nitrogen and oxygen atoms in total. The fourth-order valence-electron chi connectivity index (χ4n) is 1.30. The molecular formula is C13H20FN3S. The van der Waals surface area contributed by atoms with E-state index in [4.69, 9.17) is 18.0 Å². The van der Waals surface area contributed by atoms with E-state index in [0.29, 0.717) is 6.54 Å².